The summed E-state index contributed by atoms with van der Waals surface area (Å²) in [6.45, 7) is 7.77. The van der Waals surface area contributed by atoms with E-state index in [1.165, 1.54) is 0 Å². The maximum atomic E-state index is 6.31. The zero-order valence-corrected chi connectivity index (χ0v) is 11.9. The summed E-state index contributed by atoms with van der Waals surface area (Å²) >= 11 is 6.31. The molecule has 0 aromatic carbocycles. The van der Waals surface area contributed by atoms with Crippen molar-refractivity contribution in [2.75, 3.05) is 19.8 Å². The van der Waals surface area contributed by atoms with E-state index in [9.17, 15) is 0 Å². The number of nitrogens with zero attached hydrogens (tertiary/aromatic N) is 2. The van der Waals surface area contributed by atoms with Crippen LogP contribution in [-0.2, 0) is 11.3 Å². The summed E-state index contributed by atoms with van der Waals surface area (Å²) in [6.07, 6.45) is 3.95. The molecule has 2 heterocycles. The number of halogens is 1. The van der Waals surface area contributed by atoms with Crippen molar-refractivity contribution in [3.8, 4) is 0 Å². The third-order valence-electron chi connectivity index (χ3n) is 3.48. The predicted octanol–water partition coefficient (Wildman–Crippen LogP) is 2.63. The van der Waals surface area contributed by atoms with Gasteiger partial charge in [-0.15, -0.1) is 0 Å². The fourth-order valence-corrected chi connectivity index (χ4v) is 2.79. The highest BCUT2D eigenvalue weighted by Crippen LogP contribution is 2.32. The van der Waals surface area contributed by atoms with E-state index in [2.05, 4.69) is 24.3 Å². The Morgan fingerprint density at radius 1 is 1.61 bits per heavy atom. The van der Waals surface area contributed by atoms with Gasteiger partial charge in [0.25, 0.3) is 0 Å². The van der Waals surface area contributed by atoms with Crippen LogP contribution in [0.15, 0.2) is 6.20 Å². The lowest BCUT2D eigenvalue weighted by Crippen LogP contribution is -2.31. The molecule has 0 radical (unpaired) electrons. The van der Waals surface area contributed by atoms with Crippen LogP contribution in [0.1, 0.15) is 38.4 Å². The Morgan fingerprint density at radius 2 is 2.44 bits per heavy atom. The number of nitrogens with one attached hydrogen (secondary N) is 1. The van der Waals surface area contributed by atoms with Gasteiger partial charge in [-0.3, -0.25) is 4.68 Å². The fourth-order valence-electron chi connectivity index (χ4n) is 2.54. The molecule has 0 saturated carbocycles. The lowest BCUT2D eigenvalue weighted by molar-refractivity contribution is 0.175. The van der Waals surface area contributed by atoms with Gasteiger partial charge in [-0.05, 0) is 26.3 Å². The standard InChI is InChI=1S/C13H22ClN3O/c1-3-6-15-12(10-5-7-18-9-10)13-11(14)8-16-17(13)4-2/h8,10,12,15H,3-7,9H2,1-2H3. The number of hydrogen-bond acceptors (Lipinski definition) is 3. The first kappa shape index (κ1) is 13.8. The molecule has 0 spiro atoms. The summed E-state index contributed by atoms with van der Waals surface area (Å²) < 4.78 is 7.51. The lowest BCUT2D eigenvalue weighted by atomic mass is 9.96. The van der Waals surface area contributed by atoms with Crippen LogP contribution in [0.5, 0.6) is 0 Å². The first-order chi connectivity index (χ1) is 8.77. The highest BCUT2D eigenvalue weighted by molar-refractivity contribution is 6.31. The van der Waals surface area contributed by atoms with E-state index in [1.54, 1.807) is 6.20 Å². The minimum atomic E-state index is 0.252. The zero-order valence-electron chi connectivity index (χ0n) is 11.2. The average molecular weight is 272 g/mol. The van der Waals surface area contributed by atoms with E-state index in [0.717, 1.165) is 49.9 Å². The van der Waals surface area contributed by atoms with E-state index in [-0.39, 0.29) is 6.04 Å². The molecule has 4 nitrogen and oxygen atoms in total. The molecule has 0 aliphatic carbocycles. The van der Waals surface area contributed by atoms with Crippen molar-refractivity contribution in [1.82, 2.24) is 15.1 Å². The molecule has 1 aromatic rings. The average Bonchev–Trinajstić information content (AvgIpc) is 3.01. The van der Waals surface area contributed by atoms with Gasteiger partial charge in [0.1, 0.15) is 0 Å². The van der Waals surface area contributed by atoms with Gasteiger partial charge in [0.05, 0.1) is 29.6 Å². The molecule has 5 heteroatoms. The molecular formula is C13H22ClN3O. The fraction of sp³-hybridized carbons (Fsp3) is 0.769. The van der Waals surface area contributed by atoms with E-state index in [4.69, 9.17) is 16.3 Å². The monoisotopic (exact) mass is 271 g/mol. The minimum absolute atomic E-state index is 0.252. The zero-order chi connectivity index (χ0) is 13.0. The van der Waals surface area contributed by atoms with Crippen molar-refractivity contribution in [1.29, 1.82) is 0 Å². The molecule has 2 rings (SSSR count). The second-order valence-corrected chi connectivity index (χ2v) is 5.16. The summed E-state index contributed by atoms with van der Waals surface area (Å²) in [6, 6.07) is 0.252. The SMILES string of the molecule is CCCNC(c1c(Cl)cnn1CC)C1CCOC1. The molecule has 0 amide bonds. The molecule has 1 aliphatic heterocycles. The first-order valence-electron chi connectivity index (χ1n) is 6.80. The van der Waals surface area contributed by atoms with Crippen LogP contribution in [0.3, 0.4) is 0 Å². The smallest absolute Gasteiger partial charge is 0.0834 e. The van der Waals surface area contributed by atoms with Gasteiger partial charge in [-0.2, -0.15) is 5.10 Å². The largest absolute Gasteiger partial charge is 0.381 e. The van der Waals surface area contributed by atoms with Crippen LogP contribution >= 0.6 is 11.6 Å². The normalized spacial score (nSPS) is 21.4. The molecule has 102 valence electrons. The second-order valence-electron chi connectivity index (χ2n) is 4.75. The molecule has 2 unspecified atom stereocenters. The van der Waals surface area contributed by atoms with E-state index >= 15 is 0 Å². The van der Waals surface area contributed by atoms with Crippen molar-refractivity contribution in [2.24, 2.45) is 5.92 Å². The van der Waals surface area contributed by atoms with Crippen molar-refractivity contribution < 1.29 is 4.74 Å². The Balaban J connectivity index is 2.23. The van der Waals surface area contributed by atoms with Gasteiger partial charge in [0.15, 0.2) is 0 Å². The summed E-state index contributed by atoms with van der Waals surface area (Å²) in [4.78, 5) is 0. The Labute approximate surface area is 114 Å². The summed E-state index contributed by atoms with van der Waals surface area (Å²) in [5.41, 5.74) is 1.11. The van der Waals surface area contributed by atoms with Crippen LogP contribution in [0, 0.1) is 5.92 Å². The van der Waals surface area contributed by atoms with Gasteiger partial charge >= 0.3 is 0 Å². The first-order valence-corrected chi connectivity index (χ1v) is 7.18. The maximum absolute atomic E-state index is 6.31. The lowest BCUT2D eigenvalue weighted by Gasteiger charge is -2.25. The van der Waals surface area contributed by atoms with Gasteiger partial charge in [0.2, 0.25) is 0 Å². The topological polar surface area (TPSA) is 39.1 Å². The molecule has 1 aliphatic rings. The third kappa shape index (κ3) is 2.87. The van der Waals surface area contributed by atoms with E-state index in [1.807, 2.05) is 4.68 Å². The van der Waals surface area contributed by atoms with Crippen LogP contribution in [-0.4, -0.2) is 29.5 Å². The van der Waals surface area contributed by atoms with Crippen molar-refractivity contribution in [3.63, 3.8) is 0 Å². The molecule has 1 aromatic heterocycles. The van der Waals surface area contributed by atoms with Crippen LogP contribution in [0.25, 0.3) is 0 Å². The Morgan fingerprint density at radius 3 is 3.06 bits per heavy atom. The number of rotatable bonds is 6. The second kappa shape index (κ2) is 6.55. The van der Waals surface area contributed by atoms with Crippen molar-refractivity contribution in [3.05, 3.63) is 16.9 Å². The number of aromatic nitrogens is 2. The van der Waals surface area contributed by atoms with Gasteiger partial charge in [0, 0.05) is 19.1 Å². The summed E-state index contributed by atoms with van der Waals surface area (Å²) in [5.74, 6) is 0.496. The maximum Gasteiger partial charge on any atom is 0.0834 e. The summed E-state index contributed by atoms with van der Waals surface area (Å²) in [7, 11) is 0. The van der Waals surface area contributed by atoms with Gasteiger partial charge < -0.3 is 10.1 Å². The third-order valence-corrected chi connectivity index (χ3v) is 3.77. The molecule has 2 atom stereocenters. The molecular weight excluding hydrogens is 250 g/mol. The van der Waals surface area contributed by atoms with Gasteiger partial charge in [-0.25, -0.2) is 0 Å². The van der Waals surface area contributed by atoms with Crippen LogP contribution in [0.2, 0.25) is 5.02 Å². The molecule has 0 bridgehead atoms. The molecule has 18 heavy (non-hydrogen) atoms. The Kier molecular flexibility index (Phi) is 5.03. The summed E-state index contributed by atoms with van der Waals surface area (Å²) in [5, 5.41) is 8.70. The number of aryl methyl sites for hydroxylation is 1. The van der Waals surface area contributed by atoms with Crippen LogP contribution < -0.4 is 5.32 Å². The van der Waals surface area contributed by atoms with E-state index in [0.29, 0.717) is 5.92 Å². The van der Waals surface area contributed by atoms with Crippen molar-refractivity contribution >= 4 is 11.6 Å². The van der Waals surface area contributed by atoms with Gasteiger partial charge in [-0.1, -0.05) is 18.5 Å². The Bertz CT molecular complexity index is 374. The minimum Gasteiger partial charge on any atom is -0.381 e. The molecule has 1 saturated heterocycles. The molecule has 1 N–H and O–H groups in total. The van der Waals surface area contributed by atoms with Crippen LogP contribution in [0.4, 0.5) is 0 Å². The Hall–Kier alpha value is -0.580. The van der Waals surface area contributed by atoms with Crippen molar-refractivity contribution in [2.45, 2.75) is 39.3 Å². The highest BCUT2D eigenvalue weighted by Gasteiger charge is 2.30. The predicted molar refractivity (Wildman–Crippen MR) is 72.9 cm³/mol. The number of ether oxygens (including phenoxy) is 1. The highest BCUT2D eigenvalue weighted by atomic mass is 35.5. The molecule has 1 fully saturated rings. The van der Waals surface area contributed by atoms with E-state index < -0.39 is 0 Å². The number of hydrogen-bond donors (Lipinski definition) is 1. The quantitative estimate of drug-likeness (QED) is 0.865.